The van der Waals surface area contributed by atoms with Gasteiger partial charge in [0.1, 0.15) is 5.82 Å². The molecule has 0 radical (unpaired) electrons. The van der Waals surface area contributed by atoms with Gasteiger partial charge in [0.25, 0.3) is 0 Å². The van der Waals surface area contributed by atoms with Gasteiger partial charge in [-0.05, 0) is 25.0 Å². The molecule has 1 aliphatic rings. The number of para-hydroxylation sites is 1. The maximum absolute atomic E-state index is 4.76. The van der Waals surface area contributed by atoms with Crippen LogP contribution in [0.2, 0.25) is 0 Å². The number of nitrogens with zero attached hydrogens (tertiary/aromatic N) is 3. The third-order valence-electron chi connectivity index (χ3n) is 4.38. The molecule has 21 heavy (non-hydrogen) atoms. The van der Waals surface area contributed by atoms with Crippen molar-refractivity contribution >= 4 is 10.9 Å². The van der Waals surface area contributed by atoms with Crippen molar-refractivity contribution in [1.29, 1.82) is 0 Å². The van der Waals surface area contributed by atoms with E-state index >= 15 is 0 Å². The summed E-state index contributed by atoms with van der Waals surface area (Å²) in [7, 11) is 0. The molecule has 1 N–H and O–H groups in total. The summed E-state index contributed by atoms with van der Waals surface area (Å²) in [6, 6.07) is 10.1. The third-order valence-corrected chi connectivity index (χ3v) is 4.38. The van der Waals surface area contributed by atoms with Crippen LogP contribution in [0.4, 0.5) is 0 Å². The maximum atomic E-state index is 4.76. The monoisotopic (exact) mass is 278 g/mol. The highest BCUT2D eigenvalue weighted by Gasteiger charge is 2.20. The van der Waals surface area contributed by atoms with E-state index in [9.17, 15) is 0 Å². The highest BCUT2D eigenvalue weighted by atomic mass is 15.2. The Balaban J connectivity index is 1.74. The van der Waals surface area contributed by atoms with Gasteiger partial charge in [-0.15, -0.1) is 0 Å². The Morgan fingerprint density at radius 3 is 2.76 bits per heavy atom. The molecule has 0 spiro atoms. The third kappa shape index (κ3) is 2.31. The van der Waals surface area contributed by atoms with Gasteiger partial charge in [-0.2, -0.15) is 5.10 Å². The van der Waals surface area contributed by atoms with Crippen molar-refractivity contribution in [3.05, 3.63) is 42.4 Å². The lowest BCUT2D eigenvalue weighted by atomic mass is 9.89. The van der Waals surface area contributed by atoms with Gasteiger partial charge in [-0.1, -0.05) is 37.5 Å². The molecular weight excluding hydrogens is 260 g/mol. The summed E-state index contributed by atoms with van der Waals surface area (Å²) in [5.74, 6) is 2.38. The second-order valence-corrected chi connectivity index (χ2v) is 5.75. The zero-order valence-electron chi connectivity index (χ0n) is 11.9. The van der Waals surface area contributed by atoms with Crippen molar-refractivity contribution in [2.75, 3.05) is 0 Å². The van der Waals surface area contributed by atoms with Crippen LogP contribution in [-0.4, -0.2) is 20.2 Å². The second-order valence-electron chi connectivity index (χ2n) is 5.75. The first-order valence-corrected chi connectivity index (χ1v) is 7.68. The van der Waals surface area contributed by atoms with E-state index < -0.39 is 0 Å². The molecule has 0 atom stereocenters. The first kappa shape index (κ1) is 12.5. The molecule has 0 aliphatic heterocycles. The van der Waals surface area contributed by atoms with Crippen LogP contribution in [0.5, 0.6) is 0 Å². The Kier molecular flexibility index (Phi) is 3.14. The Labute approximate surface area is 123 Å². The van der Waals surface area contributed by atoms with Gasteiger partial charge in [-0.3, -0.25) is 10.1 Å². The zero-order chi connectivity index (χ0) is 14.1. The van der Waals surface area contributed by atoms with Gasteiger partial charge in [-0.25, -0.2) is 4.98 Å². The number of benzene rings is 1. The van der Waals surface area contributed by atoms with E-state index in [0.29, 0.717) is 5.92 Å². The van der Waals surface area contributed by atoms with E-state index in [4.69, 9.17) is 4.98 Å². The Morgan fingerprint density at radius 2 is 1.86 bits per heavy atom. The lowest BCUT2D eigenvalue weighted by molar-refractivity contribution is 0.429. The summed E-state index contributed by atoms with van der Waals surface area (Å²) in [4.78, 5) is 9.16. The Hall–Kier alpha value is -2.23. The molecule has 1 saturated carbocycles. The molecule has 0 saturated heterocycles. The van der Waals surface area contributed by atoms with Crippen molar-refractivity contribution in [2.24, 2.45) is 0 Å². The number of pyridine rings is 1. The lowest BCUT2D eigenvalue weighted by Crippen LogP contribution is -2.06. The van der Waals surface area contributed by atoms with E-state index in [1.807, 2.05) is 30.5 Å². The number of rotatable bonds is 2. The normalized spacial score (nSPS) is 16.4. The number of aromatic amines is 1. The molecule has 1 fully saturated rings. The molecule has 4 heteroatoms. The highest BCUT2D eigenvalue weighted by molar-refractivity contribution is 5.92. The first-order chi connectivity index (χ1) is 10.4. The second kappa shape index (κ2) is 5.28. The fourth-order valence-electron chi connectivity index (χ4n) is 3.24. The van der Waals surface area contributed by atoms with Crippen LogP contribution in [0.1, 0.15) is 43.8 Å². The minimum atomic E-state index is 0.549. The van der Waals surface area contributed by atoms with Crippen molar-refractivity contribution in [3.8, 4) is 11.4 Å². The van der Waals surface area contributed by atoms with Gasteiger partial charge in [0.2, 0.25) is 0 Å². The van der Waals surface area contributed by atoms with Crippen LogP contribution >= 0.6 is 0 Å². The molecule has 4 rings (SSSR count). The van der Waals surface area contributed by atoms with Crippen LogP contribution < -0.4 is 0 Å². The fraction of sp³-hybridized carbons (Fsp3) is 0.353. The smallest absolute Gasteiger partial charge is 0.181 e. The summed E-state index contributed by atoms with van der Waals surface area (Å²) in [6.07, 6.45) is 8.25. The molecule has 106 valence electrons. The molecule has 4 nitrogen and oxygen atoms in total. The number of hydrogen-bond acceptors (Lipinski definition) is 3. The molecule has 2 aromatic heterocycles. The average Bonchev–Trinajstić information content (AvgIpc) is 3.05. The SMILES string of the molecule is c1ccc2c(-c3n[nH]c(C4CCCCC4)n3)ccnc2c1. The average molecular weight is 278 g/mol. The molecule has 0 unspecified atom stereocenters. The molecule has 1 aliphatic carbocycles. The predicted molar refractivity (Wildman–Crippen MR) is 82.9 cm³/mol. The zero-order valence-corrected chi connectivity index (χ0v) is 11.9. The van der Waals surface area contributed by atoms with Crippen molar-refractivity contribution < 1.29 is 0 Å². The molecule has 2 heterocycles. The van der Waals surface area contributed by atoms with Gasteiger partial charge in [0.05, 0.1) is 5.52 Å². The van der Waals surface area contributed by atoms with Crippen LogP contribution in [0.25, 0.3) is 22.3 Å². The number of H-pyrrole nitrogens is 1. The minimum absolute atomic E-state index is 0.549. The largest absolute Gasteiger partial charge is 0.262 e. The lowest BCUT2D eigenvalue weighted by Gasteiger charge is -2.18. The van der Waals surface area contributed by atoms with Crippen LogP contribution in [0.3, 0.4) is 0 Å². The summed E-state index contributed by atoms with van der Waals surface area (Å²) in [5, 5.41) is 8.71. The topological polar surface area (TPSA) is 54.5 Å². The van der Waals surface area contributed by atoms with Gasteiger partial charge in [0, 0.05) is 23.1 Å². The van der Waals surface area contributed by atoms with Crippen molar-refractivity contribution in [3.63, 3.8) is 0 Å². The molecule has 3 aromatic rings. The number of nitrogens with one attached hydrogen (secondary N) is 1. The summed E-state index contributed by atoms with van der Waals surface area (Å²) in [5.41, 5.74) is 2.04. The van der Waals surface area contributed by atoms with E-state index in [2.05, 4.69) is 21.2 Å². The van der Waals surface area contributed by atoms with Crippen molar-refractivity contribution in [2.45, 2.75) is 38.0 Å². The number of aromatic nitrogens is 4. The Morgan fingerprint density at radius 1 is 1.00 bits per heavy atom. The summed E-state index contributed by atoms with van der Waals surface area (Å²) in [6.45, 7) is 0. The standard InChI is InChI=1S/C17H18N4/c1-2-6-12(7-3-1)16-19-17(21-20-16)14-10-11-18-15-9-5-4-8-13(14)15/h4-5,8-12H,1-3,6-7H2,(H,19,20,21). The van der Waals surface area contributed by atoms with Crippen molar-refractivity contribution in [1.82, 2.24) is 20.2 Å². The quantitative estimate of drug-likeness (QED) is 0.768. The van der Waals surface area contributed by atoms with E-state index in [0.717, 1.165) is 28.1 Å². The Bertz CT molecular complexity index is 751. The number of hydrogen-bond donors (Lipinski definition) is 1. The molecule has 0 bridgehead atoms. The van der Waals surface area contributed by atoms with Crippen LogP contribution in [0.15, 0.2) is 36.5 Å². The highest BCUT2D eigenvalue weighted by Crippen LogP contribution is 2.32. The van der Waals surface area contributed by atoms with Crippen LogP contribution in [0, 0.1) is 0 Å². The van der Waals surface area contributed by atoms with E-state index in [1.165, 1.54) is 32.1 Å². The summed E-state index contributed by atoms with van der Waals surface area (Å²) >= 11 is 0. The van der Waals surface area contributed by atoms with E-state index in [1.54, 1.807) is 0 Å². The van der Waals surface area contributed by atoms with Crippen LogP contribution in [-0.2, 0) is 0 Å². The van der Waals surface area contributed by atoms with E-state index in [-0.39, 0.29) is 0 Å². The van der Waals surface area contributed by atoms with Gasteiger partial charge in [0.15, 0.2) is 5.82 Å². The van der Waals surface area contributed by atoms with Gasteiger partial charge < -0.3 is 0 Å². The summed E-state index contributed by atoms with van der Waals surface area (Å²) < 4.78 is 0. The molecular formula is C17H18N4. The molecule has 0 amide bonds. The van der Waals surface area contributed by atoms with Gasteiger partial charge >= 0.3 is 0 Å². The predicted octanol–water partition coefficient (Wildman–Crippen LogP) is 4.07. The first-order valence-electron chi connectivity index (χ1n) is 7.68. The molecule has 1 aromatic carbocycles. The maximum Gasteiger partial charge on any atom is 0.181 e. The number of fused-ring (bicyclic) bond motifs is 1. The minimum Gasteiger partial charge on any atom is -0.262 e. The fourth-order valence-corrected chi connectivity index (χ4v) is 3.24.